The standard InChI is InChI=1S/C12H21N3O5/c1-14(2)12(4-3-5-12)8-13-11(20)15(6-9(16)17)7-10(18)19/h3-8H2,1-2H3,(H,13,20)(H,16,17)(H,18,19). The molecule has 8 nitrogen and oxygen atoms in total. The number of carboxylic acids is 2. The molecule has 0 saturated heterocycles. The van der Waals surface area contributed by atoms with Crippen molar-refractivity contribution in [3.8, 4) is 0 Å². The highest BCUT2D eigenvalue weighted by Crippen LogP contribution is 2.35. The molecule has 0 aliphatic heterocycles. The van der Waals surface area contributed by atoms with Gasteiger partial charge >= 0.3 is 18.0 Å². The number of amides is 2. The third kappa shape index (κ3) is 4.09. The van der Waals surface area contributed by atoms with E-state index < -0.39 is 31.1 Å². The number of rotatable bonds is 7. The normalized spacial score (nSPS) is 16.4. The number of urea groups is 1. The average Bonchev–Trinajstić information content (AvgIpc) is 2.24. The first-order valence-electron chi connectivity index (χ1n) is 6.41. The molecule has 114 valence electrons. The van der Waals surface area contributed by atoms with Crippen LogP contribution in [0.25, 0.3) is 0 Å². The summed E-state index contributed by atoms with van der Waals surface area (Å²) in [6, 6.07) is -0.664. The second-order valence-electron chi connectivity index (χ2n) is 5.27. The lowest BCUT2D eigenvalue weighted by Gasteiger charge is -2.47. The molecule has 1 aliphatic rings. The maximum Gasteiger partial charge on any atom is 0.323 e. The summed E-state index contributed by atoms with van der Waals surface area (Å²) < 4.78 is 0. The first-order chi connectivity index (χ1) is 9.27. The number of hydrogen-bond donors (Lipinski definition) is 3. The molecule has 0 heterocycles. The van der Waals surface area contributed by atoms with Crippen molar-refractivity contribution in [2.24, 2.45) is 0 Å². The number of aliphatic carboxylic acids is 2. The van der Waals surface area contributed by atoms with Crippen molar-refractivity contribution in [1.29, 1.82) is 0 Å². The van der Waals surface area contributed by atoms with E-state index in [1.807, 2.05) is 19.0 Å². The van der Waals surface area contributed by atoms with Crippen LogP contribution in [-0.4, -0.2) is 77.3 Å². The molecule has 0 aromatic carbocycles. The molecule has 1 fully saturated rings. The summed E-state index contributed by atoms with van der Waals surface area (Å²) in [5.41, 5.74) is -0.103. The van der Waals surface area contributed by atoms with Crippen molar-refractivity contribution in [2.45, 2.75) is 24.8 Å². The van der Waals surface area contributed by atoms with Crippen molar-refractivity contribution in [2.75, 3.05) is 33.7 Å². The minimum absolute atomic E-state index is 0.103. The van der Waals surface area contributed by atoms with Crippen LogP contribution in [0.2, 0.25) is 0 Å². The van der Waals surface area contributed by atoms with Crippen molar-refractivity contribution in [3.05, 3.63) is 0 Å². The van der Waals surface area contributed by atoms with Gasteiger partial charge in [0.05, 0.1) is 0 Å². The summed E-state index contributed by atoms with van der Waals surface area (Å²) in [7, 11) is 3.86. The zero-order chi connectivity index (χ0) is 15.3. The summed E-state index contributed by atoms with van der Waals surface area (Å²) >= 11 is 0. The highest BCUT2D eigenvalue weighted by atomic mass is 16.4. The second-order valence-corrected chi connectivity index (χ2v) is 5.27. The van der Waals surface area contributed by atoms with E-state index in [0.717, 1.165) is 24.2 Å². The van der Waals surface area contributed by atoms with Crippen molar-refractivity contribution < 1.29 is 24.6 Å². The highest BCUT2D eigenvalue weighted by Gasteiger charge is 2.39. The van der Waals surface area contributed by atoms with Gasteiger partial charge in [0.1, 0.15) is 13.1 Å². The number of hydrogen-bond acceptors (Lipinski definition) is 4. The van der Waals surface area contributed by atoms with Gasteiger partial charge in [-0.05, 0) is 33.4 Å². The van der Waals surface area contributed by atoms with Gasteiger partial charge in [-0.3, -0.25) is 9.59 Å². The van der Waals surface area contributed by atoms with Gasteiger partial charge in [-0.2, -0.15) is 0 Å². The molecule has 0 aromatic heterocycles. The van der Waals surface area contributed by atoms with Crippen LogP contribution in [0.5, 0.6) is 0 Å². The summed E-state index contributed by atoms with van der Waals surface area (Å²) in [4.78, 5) is 36.0. The molecular weight excluding hydrogens is 266 g/mol. The molecule has 0 radical (unpaired) electrons. The largest absolute Gasteiger partial charge is 0.480 e. The van der Waals surface area contributed by atoms with Crippen LogP contribution < -0.4 is 5.32 Å². The summed E-state index contributed by atoms with van der Waals surface area (Å²) in [6.07, 6.45) is 3.00. The molecule has 0 aromatic rings. The molecule has 2 amide bonds. The Morgan fingerprint density at radius 2 is 1.60 bits per heavy atom. The maximum absolute atomic E-state index is 11.9. The minimum atomic E-state index is -1.24. The van der Waals surface area contributed by atoms with Gasteiger partial charge in [-0.1, -0.05) is 0 Å². The lowest BCUT2D eigenvalue weighted by Crippen LogP contribution is -2.59. The van der Waals surface area contributed by atoms with Crippen molar-refractivity contribution in [3.63, 3.8) is 0 Å². The van der Waals surface area contributed by atoms with Crippen molar-refractivity contribution in [1.82, 2.24) is 15.1 Å². The van der Waals surface area contributed by atoms with Crippen LogP contribution in [0.3, 0.4) is 0 Å². The Morgan fingerprint density at radius 1 is 1.10 bits per heavy atom. The van der Waals surface area contributed by atoms with E-state index in [-0.39, 0.29) is 5.54 Å². The van der Waals surface area contributed by atoms with Gasteiger partial charge in [0.25, 0.3) is 0 Å². The number of nitrogens with zero attached hydrogens (tertiary/aromatic N) is 2. The molecular formula is C12H21N3O5. The fourth-order valence-corrected chi connectivity index (χ4v) is 2.24. The number of nitrogens with one attached hydrogen (secondary N) is 1. The predicted octanol–water partition coefficient (Wildman–Crippen LogP) is -0.348. The first-order valence-corrected chi connectivity index (χ1v) is 6.41. The third-order valence-corrected chi connectivity index (χ3v) is 3.74. The van der Waals surface area contributed by atoms with Crippen LogP contribution in [0.1, 0.15) is 19.3 Å². The quantitative estimate of drug-likeness (QED) is 0.590. The lowest BCUT2D eigenvalue weighted by molar-refractivity contribution is -0.140. The number of carbonyl (C=O) groups is 3. The minimum Gasteiger partial charge on any atom is -0.480 e. The van der Waals surface area contributed by atoms with Gasteiger partial charge < -0.3 is 25.3 Å². The molecule has 20 heavy (non-hydrogen) atoms. The topological polar surface area (TPSA) is 110 Å². The average molecular weight is 287 g/mol. The number of carbonyl (C=O) groups excluding carboxylic acids is 1. The van der Waals surface area contributed by atoms with E-state index in [1.54, 1.807) is 0 Å². The lowest BCUT2D eigenvalue weighted by atomic mass is 9.75. The van der Waals surface area contributed by atoms with Crippen molar-refractivity contribution >= 4 is 18.0 Å². The summed E-state index contributed by atoms with van der Waals surface area (Å²) in [5.74, 6) is -2.49. The number of likely N-dealkylation sites (N-methyl/N-ethyl adjacent to an activating group) is 1. The van der Waals surface area contributed by atoms with Gasteiger partial charge in [0, 0.05) is 12.1 Å². The Morgan fingerprint density at radius 3 is 1.90 bits per heavy atom. The Bertz CT molecular complexity index is 377. The van der Waals surface area contributed by atoms with E-state index in [1.165, 1.54) is 0 Å². The first kappa shape index (κ1) is 16.2. The molecule has 8 heteroatoms. The van der Waals surface area contributed by atoms with Crippen LogP contribution >= 0.6 is 0 Å². The van der Waals surface area contributed by atoms with E-state index in [4.69, 9.17) is 10.2 Å². The van der Waals surface area contributed by atoms with Crippen LogP contribution in [0, 0.1) is 0 Å². The Labute approximate surface area is 117 Å². The van der Waals surface area contributed by atoms with Gasteiger partial charge in [-0.15, -0.1) is 0 Å². The van der Waals surface area contributed by atoms with E-state index in [9.17, 15) is 14.4 Å². The molecule has 3 N–H and O–H groups in total. The van der Waals surface area contributed by atoms with Crippen LogP contribution in [0.15, 0.2) is 0 Å². The number of carboxylic acid groups (broad SMARTS) is 2. The fourth-order valence-electron chi connectivity index (χ4n) is 2.24. The molecule has 0 unspecified atom stereocenters. The van der Waals surface area contributed by atoms with Gasteiger partial charge in [0.2, 0.25) is 0 Å². The molecule has 1 rings (SSSR count). The molecule has 0 bridgehead atoms. The maximum atomic E-state index is 11.9. The predicted molar refractivity (Wildman–Crippen MR) is 70.5 cm³/mol. The monoisotopic (exact) mass is 287 g/mol. The molecule has 1 aliphatic carbocycles. The third-order valence-electron chi connectivity index (χ3n) is 3.74. The fraction of sp³-hybridized carbons (Fsp3) is 0.750. The Balaban J connectivity index is 2.57. The molecule has 0 spiro atoms. The Hall–Kier alpha value is -1.83. The SMILES string of the molecule is CN(C)C1(CNC(=O)N(CC(=O)O)CC(=O)O)CCC1. The van der Waals surface area contributed by atoms with Gasteiger partial charge in [0.15, 0.2) is 0 Å². The summed E-state index contributed by atoms with van der Waals surface area (Å²) in [5, 5.41) is 20.0. The van der Waals surface area contributed by atoms with Crippen LogP contribution in [0.4, 0.5) is 4.79 Å². The van der Waals surface area contributed by atoms with E-state index in [0.29, 0.717) is 6.54 Å². The van der Waals surface area contributed by atoms with E-state index in [2.05, 4.69) is 5.32 Å². The highest BCUT2D eigenvalue weighted by molar-refractivity contribution is 5.84. The second kappa shape index (κ2) is 6.56. The van der Waals surface area contributed by atoms with Gasteiger partial charge in [-0.25, -0.2) is 4.79 Å². The van der Waals surface area contributed by atoms with E-state index >= 15 is 0 Å². The molecule has 0 atom stereocenters. The summed E-state index contributed by atoms with van der Waals surface area (Å²) in [6.45, 7) is -0.880. The zero-order valence-corrected chi connectivity index (χ0v) is 11.8. The van der Waals surface area contributed by atoms with Crippen LogP contribution in [-0.2, 0) is 9.59 Å². The zero-order valence-electron chi connectivity index (χ0n) is 11.8. The smallest absolute Gasteiger partial charge is 0.323 e. The molecule has 1 saturated carbocycles. The Kier molecular flexibility index (Phi) is 5.32.